The minimum absolute atomic E-state index is 0.0971. The Morgan fingerprint density at radius 2 is 1.84 bits per heavy atom. The van der Waals surface area contributed by atoms with E-state index >= 15 is 0 Å². The number of sulfonamides is 1. The van der Waals surface area contributed by atoms with E-state index in [-0.39, 0.29) is 24.1 Å². The fourth-order valence-corrected chi connectivity index (χ4v) is 6.61. The van der Waals surface area contributed by atoms with E-state index in [0.717, 1.165) is 10.6 Å². The molecule has 1 N–H and O–H groups in total. The fourth-order valence-electron chi connectivity index (χ4n) is 3.47. The van der Waals surface area contributed by atoms with Gasteiger partial charge in [0.15, 0.2) is 0 Å². The molecule has 0 radical (unpaired) electrons. The topological polar surface area (TPSA) is 66.5 Å². The molecule has 2 aromatic rings. The monoisotopic (exact) mass is 500 g/mol. The molecule has 1 aliphatic rings. The van der Waals surface area contributed by atoms with E-state index in [4.69, 9.17) is 23.2 Å². The zero-order chi connectivity index (χ0) is 22.4. The Bertz CT molecular complexity index is 994. The Labute approximate surface area is 198 Å². The van der Waals surface area contributed by atoms with Crippen molar-refractivity contribution in [1.82, 2.24) is 9.62 Å². The van der Waals surface area contributed by atoms with Crippen molar-refractivity contribution in [3.8, 4) is 0 Å². The smallest absolute Gasteiger partial charge is 0.224 e. The molecule has 1 atom stereocenters. The van der Waals surface area contributed by atoms with E-state index in [1.165, 1.54) is 9.87 Å². The van der Waals surface area contributed by atoms with Gasteiger partial charge in [0.25, 0.3) is 0 Å². The summed E-state index contributed by atoms with van der Waals surface area (Å²) in [6.45, 7) is 3.17. The summed E-state index contributed by atoms with van der Waals surface area (Å²) in [4.78, 5) is 13.8. The number of aryl methyl sites for hydroxylation is 1. The molecule has 0 saturated carbocycles. The molecule has 1 amide bonds. The predicted molar refractivity (Wildman–Crippen MR) is 128 cm³/mol. The molecule has 1 saturated heterocycles. The lowest BCUT2D eigenvalue weighted by Crippen LogP contribution is -2.46. The molecule has 1 heterocycles. The number of halogens is 2. The van der Waals surface area contributed by atoms with Crippen molar-refractivity contribution in [1.29, 1.82) is 0 Å². The van der Waals surface area contributed by atoms with E-state index in [1.54, 1.807) is 30.0 Å². The van der Waals surface area contributed by atoms with Crippen LogP contribution in [0.3, 0.4) is 0 Å². The van der Waals surface area contributed by atoms with Crippen molar-refractivity contribution in [2.75, 3.05) is 25.4 Å². The van der Waals surface area contributed by atoms with Crippen molar-refractivity contribution in [2.24, 2.45) is 5.92 Å². The number of carbonyl (C=O) groups is 1. The Balaban J connectivity index is 1.51. The van der Waals surface area contributed by atoms with Gasteiger partial charge in [-0.25, -0.2) is 12.7 Å². The summed E-state index contributed by atoms with van der Waals surface area (Å²) in [5.74, 6) is 0.0384. The van der Waals surface area contributed by atoms with Crippen LogP contribution in [-0.2, 0) is 20.6 Å². The number of nitrogens with zero attached hydrogens (tertiary/aromatic N) is 1. The molecule has 9 heteroatoms. The summed E-state index contributed by atoms with van der Waals surface area (Å²) in [7, 11) is -3.63. The van der Waals surface area contributed by atoms with E-state index in [0.29, 0.717) is 41.5 Å². The van der Waals surface area contributed by atoms with Crippen molar-refractivity contribution >= 4 is 50.9 Å². The zero-order valence-corrected chi connectivity index (χ0v) is 20.5. The number of nitrogens with one attached hydrogen (secondary N) is 1. The molecule has 0 aromatic heterocycles. The van der Waals surface area contributed by atoms with Gasteiger partial charge in [0.1, 0.15) is 0 Å². The number of rotatable bonds is 8. The fraction of sp³-hybridized carbons (Fsp3) is 0.409. The maximum absolute atomic E-state index is 12.9. The van der Waals surface area contributed by atoms with Gasteiger partial charge in [-0.15, -0.1) is 11.8 Å². The molecule has 1 fully saturated rings. The first kappa shape index (κ1) is 24.4. The van der Waals surface area contributed by atoms with Crippen LogP contribution >= 0.6 is 35.0 Å². The van der Waals surface area contributed by atoms with E-state index in [9.17, 15) is 13.2 Å². The van der Waals surface area contributed by atoms with Crippen LogP contribution in [0.25, 0.3) is 0 Å². The van der Waals surface area contributed by atoms with Crippen LogP contribution in [0.15, 0.2) is 47.4 Å². The van der Waals surface area contributed by atoms with Crippen LogP contribution in [0.4, 0.5) is 0 Å². The van der Waals surface area contributed by atoms with E-state index in [1.807, 2.05) is 6.92 Å². The standard InChI is InChI=1S/C22H26Cl2N2O3S2/c1-16-7-9-18(10-8-16)30-13-11-25-22(27)17-4-3-12-26(14-17)31(28,29)15-19-20(23)5-2-6-21(19)24/h2,5-10,17H,3-4,11-15H2,1H3,(H,25,27). The number of hydrogen-bond donors (Lipinski definition) is 1. The lowest BCUT2D eigenvalue weighted by atomic mass is 9.99. The molecule has 2 aromatic carbocycles. The second-order valence-corrected chi connectivity index (χ2v) is 11.6. The van der Waals surface area contributed by atoms with Gasteiger partial charge in [-0.2, -0.15) is 0 Å². The number of benzene rings is 2. The van der Waals surface area contributed by atoms with Gasteiger partial charge in [-0.05, 0) is 44.0 Å². The van der Waals surface area contributed by atoms with Gasteiger partial charge < -0.3 is 5.32 Å². The lowest BCUT2D eigenvalue weighted by Gasteiger charge is -2.31. The predicted octanol–water partition coefficient (Wildman–Crippen LogP) is 4.75. The number of hydrogen-bond acceptors (Lipinski definition) is 4. The Kier molecular flexibility index (Phi) is 8.70. The summed E-state index contributed by atoms with van der Waals surface area (Å²) in [6.07, 6.45) is 1.32. The van der Waals surface area contributed by atoms with Gasteiger partial charge in [-0.3, -0.25) is 4.79 Å². The van der Waals surface area contributed by atoms with Crippen molar-refractivity contribution in [3.63, 3.8) is 0 Å². The first-order valence-corrected chi connectivity index (χ1v) is 13.5. The molecule has 0 spiro atoms. The second-order valence-electron chi connectivity index (χ2n) is 7.61. The minimum Gasteiger partial charge on any atom is -0.355 e. The van der Waals surface area contributed by atoms with Crippen LogP contribution < -0.4 is 5.32 Å². The molecule has 1 unspecified atom stereocenters. The summed E-state index contributed by atoms with van der Waals surface area (Å²) in [5, 5.41) is 3.60. The van der Waals surface area contributed by atoms with Gasteiger partial charge in [0, 0.05) is 45.9 Å². The Morgan fingerprint density at radius 3 is 2.52 bits per heavy atom. The third kappa shape index (κ3) is 6.86. The van der Waals surface area contributed by atoms with Crippen LogP contribution in [-0.4, -0.2) is 44.0 Å². The molecule has 1 aliphatic heterocycles. The summed E-state index contributed by atoms with van der Waals surface area (Å²) in [6, 6.07) is 13.2. The molecule has 3 rings (SSSR count). The molecular weight excluding hydrogens is 475 g/mol. The highest BCUT2D eigenvalue weighted by molar-refractivity contribution is 7.99. The van der Waals surface area contributed by atoms with E-state index < -0.39 is 10.0 Å². The SMILES string of the molecule is Cc1ccc(SCCNC(=O)C2CCCN(S(=O)(=O)Cc3c(Cl)cccc3Cl)C2)cc1. The maximum atomic E-state index is 12.9. The third-order valence-corrected chi connectivity index (χ3v) is 8.72. The largest absolute Gasteiger partial charge is 0.355 e. The van der Waals surface area contributed by atoms with Crippen molar-refractivity contribution < 1.29 is 13.2 Å². The molecule has 31 heavy (non-hydrogen) atoms. The minimum atomic E-state index is -3.63. The number of thioether (sulfide) groups is 1. The lowest BCUT2D eigenvalue weighted by molar-refractivity contribution is -0.125. The summed E-state index contributed by atoms with van der Waals surface area (Å²) in [5.41, 5.74) is 1.61. The van der Waals surface area contributed by atoms with Crippen LogP contribution in [0.1, 0.15) is 24.0 Å². The molecule has 5 nitrogen and oxygen atoms in total. The molecular formula is C22H26Cl2N2O3S2. The first-order valence-electron chi connectivity index (χ1n) is 10.1. The molecule has 0 bridgehead atoms. The second kappa shape index (κ2) is 11.1. The van der Waals surface area contributed by atoms with Gasteiger partial charge in [0.2, 0.25) is 15.9 Å². The first-order chi connectivity index (χ1) is 14.8. The normalized spacial score (nSPS) is 17.5. The maximum Gasteiger partial charge on any atom is 0.224 e. The van der Waals surface area contributed by atoms with Crippen molar-refractivity contribution in [2.45, 2.75) is 30.4 Å². The Hall–Kier alpha value is -1.25. The van der Waals surface area contributed by atoms with Crippen LogP contribution in [0, 0.1) is 12.8 Å². The quantitative estimate of drug-likeness (QED) is 0.419. The number of carbonyl (C=O) groups excluding carboxylic acids is 1. The van der Waals surface area contributed by atoms with Crippen LogP contribution in [0.5, 0.6) is 0 Å². The van der Waals surface area contributed by atoms with Crippen molar-refractivity contribution in [3.05, 3.63) is 63.6 Å². The summed E-state index contributed by atoms with van der Waals surface area (Å²) < 4.78 is 27.3. The zero-order valence-electron chi connectivity index (χ0n) is 17.3. The number of amides is 1. The highest BCUT2D eigenvalue weighted by Gasteiger charge is 2.33. The highest BCUT2D eigenvalue weighted by Crippen LogP contribution is 2.29. The molecule has 168 valence electrons. The van der Waals surface area contributed by atoms with Gasteiger partial charge in [-0.1, -0.05) is 47.0 Å². The Morgan fingerprint density at radius 1 is 1.16 bits per heavy atom. The van der Waals surface area contributed by atoms with E-state index in [2.05, 4.69) is 29.6 Å². The van der Waals surface area contributed by atoms with Crippen LogP contribution in [0.2, 0.25) is 10.0 Å². The average Bonchev–Trinajstić information content (AvgIpc) is 2.75. The number of piperidine rings is 1. The third-order valence-electron chi connectivity index (χ3n) is 5.23. The van der Waals surface area contributed by atoms with Gasteiger partial charge in [0.05, 0.1) is 11.7 Å². The molecule has 0 aliphatic carbocycles. The summed E-state index contributed by atoms with van der Waals surface area (Å²) >= 11 is 14.0. The average molecular weight is 502 g/mol. The van der Waals surface area contributed by atoms with Gasteiger partial charge >= 0.3 is 0 Å². The highest BCUT2D eigenvalue weighted by atomic mass is 35.5.